The van der Waals surface area contributed by atoms with Crippen LogP contribution in [0.1, 0.15) is 12.0 Å². The van der Waals surface area contributed by atoms with Crippen LogP contribution in [-0.2, 0) is 6.54 Å². The molecule has 230 valence electrons. The molecule has 1 fully saturated rings. The van der Waals surface area contributed by atoms with Crippen LogP contribution in [0.3, 0.4) is 0 Å². The molecule has 0 aliphatic carbocycles. The van der Waals surface area contributed by atoms with Gasteiger partial charge in [-0.2, -0.15) is 5.10 Å². The molecule has 1 aliphatic rings. The van der Waals surface area contributed by atoms with Crippen molar-refractivity contribution in [3.8, 4) is 39.7 Å². The topological polar surface area (TPSA) is 98.8 Å². The Bertz CT molecular complexity index is 2000. The fourth-order valence-electron chi connectivity index (χ4n) is 5.69. The Morgan fingerprint density at radius 1 is 1.02 bits per heavy atom. The lowest BCUT2D eigenvalue weighted by Crippen LogP contribution is -2.24. The second-order valence-electron chi connectivity index (χ2n) is 11.7. The predicted octanol–water partition coefficient (Wildman–Crippen LogP) is 6.15. The molecule has 2 aromatic carbocycles. The minimum Gasteiger partial charge on any atom is -0.492 e. The molecule has 45 heavy (non-hydrogen) atoms. The Labute approximate surface area is 257 Å². The highest BCUT2D eigenvalue weighted by atomic mass is 19.3. The van der Waals surface area contributed by atoms with E-state index in [0.717, 1.165) is 33.1 Å². The van der Waals surface area contributed by atoms with E-state index in [4.69, 9.17) is 9.72 Å². The lowest BCUT2D eigenvalue weighted by Gasteiger charge is -2.15. The summed E-state index contributed by atoms with van der Waals surface area (Å²) in [7, 11) is 3.91. The van der Waals surface area contributed by atoms with E-state index in [9.17, 15) is 13.2 Å². The van der Waals surface area contributed by atoms with Crippen molar-refractivity contribution in [2.45, 2.75) is 18.9 Å². The second kappa shape index (κ2) is 11.6. The van der Waals surface area contributed by atoms with Crippen LogP contribution >= 0.6 is 0 Å². The summed E-state index contributed by atoms with van der Waals surface area (Å²) in [6.07, 6.45) is 4.99. The number of likely N-dealkylation sites (N-methyl/N-ethyl adjacent to an activating group) is 1. The summed E-state index contributed by atoms with van der Waals surface area (Å²) in [6, 6.07) is 14.2. The van der Waals surface area contributed by atoms with Crippen LogP contribution in [0.15, 0.2) is 67.1 Å². The molecule has 5 heterocycles. The number of fused-ring (bicyclic) bond motifs is 2. The van der Waals surface area contributed by atoms with E-state index in [2.05, 4.69) is 25.1 Å². The molecule has 0 bridgehead atoms. The number of halogens is 3. The summed E-state index contributed by atoms with van der Waals surface area (Å²) >= 11 is 0. The Hall–Kier alpha value is -4.81. The summed E-state index contributed by atoms with van der Waals surface area (Å²) in [5.74, 6) is -2.04. The number of imidazole rings is 1. The minimum atomic E-state index is -2.65. The highest BCUT2D eigenvalue weighted by Gasteiger charge is 2.37. The van der Waals surface area contributed by atoms with Crippen LogP contribution in [0.5, 0.6) is 5.75 Å². The van der Waals surface area contributed by atoms with E-state index in [1.807, 2.05) is 55.4 Å². The van der Waals surface area contributed by atoms with Gasteiger partial charge in [-0.25, -0.2) is 18.2 Å². The molecule has 4 aromatic heterocycles. The highest BCUT2D eigenvalue weighted by molar-refractivity contribution is 5.97. The monoisotopic (exact) mass is 612 g/mol. The number of likely N-dealkylation sites (tertiary alicyclic amines) is 1. The maximum absolute atomic E-state index is 14.7. The number of hydrogen-bond donors (Lipinski definition) is 2. The number of pyridine rings is 2. The summed E-state index contributed by atoms with van der Waals surface area (Å²) in [5.41, 5.74) is 6.47. The molecule has 9 nitrogen and oxygen atoms in total. The van der Waals surface area contributed by atoms with Gasteiger partial charge in [0.2, 0.25) is 0 Å². The first-order chi connectivity index (χ1) is 21.7. The van der Waals surface area contributed by atoms with Gasteiger partial charge in [-0.05, 0) is 55.6 Å². The Balaban J connectivity index is 1.20. The summed E-state index contributed by atoms with van der Waals surface area (Å²) < 4.78 is 47.9. The molecule has 0 amide bonds. The summed E-state index contributed by atoms with van der Waals surface area (Å²) in [6.45, 7) is 1.65. The van der Waals surface area contributed by atoms with Crippen molar-refractivity contribution in [1.82, 2.24) is 39.9 Å². The molecule has 0 radical (unpaired) electrons. The molecular formula is C33H31F3N8O. The Kier molecular flexibility index (Phi) is 7.46. The number of aromatic nitrogens is 6. The molecule has 0 saturated carbocycles. The number of rotatable bonds is 9. The molecule has 0 atom stereocenters. The van der Waals surface area contributed by atoms with Gasteiger partial charge in [0.1, 0.15) is 23.9 Å². The number of para-hydroxylation sites is 1. The van der Waals surface area contributed by atoms with Crippen LogP contribution in [-0.4, -0.2) is 86.2 Å². The zero-order chi connectivity index (χ0) is 31.1. The third-order valence-electron chi connectivity index (χ3n) is 7.92. The molecule has 6 aromatic rings. The van der Waals surface area contributed by atoms with Gasteiger partial charge in [0.25, 0.3) is 5.92 Å². The fourth-order valence-corrected chi connectivity index (χ4v) is 5.69. The third-order valence-corrected chi connectivity index (χ3v) is 7.92. The first-order valence-electron chi connectivity index (χ1n) is 14.7. The largest absolute Gasteiger partial charge is 0.492 e. The molecular weight excluding hydrogens is 581 g/mol. The normalized spacial score (nSPS) is 15.1. The average molecular weight is 613 g/mol. The number of nitrogens with one attached hydrogen (secondary N) is 2. The van der Waals surface area contributed by atoms with Crippen molar-refractivity contribution < 1.29 is 17.9 Å². The van der Waals surface area contributed by atoms with E-state index in [0.29, 0.717) is 60.3 Å². The number of benzene rings is 2. The first-order valence-corrected chi connectivity index (χ1v) is 14.7. The predicted molar refractivity (Wildman–Crippen MR) is 166 cm³/mol. The van der Waals surface area contributed by atoms with Gasteiger partial charge >= 0.3 is 0 Å². The number of alkyl halides is 2. The van der Waals surface area contributed by atoms with Crippen LogP contribution in [0, 0.1) is 5.82 Å². The molecule has 12 heteroatoms. The lowest BCUT2D eigenvalue weighted by atomic mass is 10.0. The van der Waals surface area contributed by atoms with Gasteiger partial charge in [-0.15, -0.1) is 0 Å². The summed E-state index contributed by atoms with van der Waals surface area (Å²) in [5, 5.41) is 8.37. The molecule has 2 N–H and O–H groups in total. The van der Waals surface area contributed by atoms with E-state index in [1.165, 1.54) is 12.1 Å². The lowest BCUT2D eigenvalue weighted by molar-refractivity contribution is 0.0115. The highest BCUT2D eigenvalue weighted by Crippen LogP contribution is 2.34. The number of aromatic amines is 2. The van der Waals surface area contributed by atoms with Crippen LogP contribution in [0.25, 0.3) is 55.8 Å². The molecule has 0 spiro atoms. The third kappa shape index (κ3) is 6.11. The fraction of sp³-hybridized carbons (Fsp3) is 0.273. The van der Waals surface area contributed by atoms with Crippen molar-refractivity contribution in [3.63, 3.8) is 0 Å². The maximum atomic E-state index is 14.7. The molecule has 0 unspecified atom stereocenters. The van der Waals surface area contributed by atoms with E-state index in [1.54, 1.807) is 23.5 Å². The van der Waals surface area contributed by atoms with Gasteiger partial charge in [-0.1, -0.05) is 12.1 Å². The van der Waals surface area contributed by atoms with Gasteiger partial charge in [-0.3, -0.25) is 20.0 Å². The van der Waals surface area contributed by atoms with E-state index >= 15 is 0 Å². The number of nitrogens with zero attached hydrogens (tertiary/aromatic N) is 6. The van der Waals surface area contributed by atoms with Gasteiger partial charge < -0.3 is 14.6 Å². The van der Waals surface area contributed by atoms with Crippen molar-refractivity contribution in [1.29, 1.82) is 0 Å². The molecule has 7 rings (SSSR count). The quantitative estimate of drug-likeness (QED) is 0.202. The number of H-pyrrole nitrogens is 2. The van der Waals surface area contributed by atoms with Gasteiger partial charge in [0.05, 0.1) is 35.0 Å². The van der Waals surface area contributed by atoms with E-state index < -0.39 is 11.7 Å². The standard InChI is InChI=1S/C33H31F3N8O/c1-43(2)8-9-45-24-12-21(11-23(34)13-24)25-4-3-5-27-30(25)40-32(39-27)31-26-14-28(38-17-29(26)41-42-31)22-10-20(15-37-16-22)18-44-7-6-33(35,36)19-44/h3-5,10-17H,6-9,18-19H2,1-2H3,(H,39,40)(H,41,42). The second-order valence-corrected chi connectivity index (χ2v) is 11.7. The maximum Gasteiger partial charge on any atom is 0.261 e. The zero-order valence-corrected chi connectivity index (χ0v) is 24.8. The number of hydrogen-bond acceptors (Lipinski definition) is 7. The van der Waals surface area contributed by atoms with E-state index in [-0.39, 0.29) is 13.0 Å². The molecule has 1 aliphatic heterocycles. The smallest absolute Gasteiger partial charge is 0.261 e. The van der Waals surface area contributed by atoms with Crippen LogP contribution in [0.2, 0.25) is 0 Å². The Morgan fingerprint density at radius 2 is 1.91 bits per heavy atom. The first kappa shape index (κ1) is 28.9. The van der Waals surface area contributed by atoms with Gasteiger partial charge in [0, 0.05) is 61.0 Å². The van der Waals surface area contributed by atoms with Crippen molar-refractivity contribution in [2.24, 2.45) is 0 Å². The summed E-state index contributed by atoms with van der Waals surface area (Å²) in [4.78, 5) is 21.0. The van der Waals surface area contributed by atoms with Crippen LogP contribution < -0.4 is 4.74 Å². The van der Waals surface area contributed by atoms with Crippen molar-refractivity contribution in [3.05, 3.63) is 78.5 Å². The SMILES string of the molecule is CN(C)CCOc1cc(F)cc(-c2cccc3[nH]c(-c4n[nH]c5cnc(-c6cncc(CN7CCC(F)(F)C7)c6)cc45)nc23)c1. The van der Waals surface area contributed by atoms with Crippen molar-refractivity contribution >= 4 is 21.9 Å². The Morgan fingerprint density at radius 3 is 2.73 bits per heavy atom. The molecule has 1 saturated heterocycles. The average Bonchev–Trinajstić information content (AvgIpc) is 3.72. The minimum absolute atomic E-state index is 0.125. The number of ether oxygens (including phenoxy) is 1. The van der Waals surface area contributed by atoms with Crippen molar-refractivity contribution in [2.75, 3.05) is 40.3 Å². The van der Waals surface area contributed by atoms with Gasteiger partial charge in [0.15, 0.2) is 5.82 Å². The van der Waals surface area contributed by atoms with Crippen LogP contribution in [0.4, 0.5) is 13.2 Å². The zero-order valence-electron chi connectivity index (χ0n) is 24.8.